The Morgan fingerprint density at radius 3 is 2.46 bits per heavy atom. The van der Waals surface area contributed by atoms with Crippen LogP contribution in [0, 0.1) is 20.8 Å². The third kappa shape index (κ3) is 4.03. The van der Waals surface area contributed by atoms with Crippen molar-refractivity contribution >= 4 is 34.7 Å². The minimum Gasteiger partial charge on any atom is -0.261 e. The molecule has 0 aliphatic rings. The molecule has 0 amide bonds. The molecule has 26 heavy (non-hydrogen) atoms. The van der Waals surface area contributed by atoms with Crippen LogP contribution in [0.2, 0.25) is 10.0 Å². The fourth-order valence-electron chi connectivity index (χ4n) is 2.51. The normalized spacial score (nSPS) is 11.7. The molecule has 0 atom stereocenters. The molecule has 0 saturated carbocycles. The first kappa shape index (κ1) is 18.4. The lowest BCUT2D eigenvalue weighted by molar-refractivity contribution is 0.793. The monoisotopic (exact) mass is 388 g/mol. The molecule has 2 aromatic heterocycles. The van der Waals surface area contributed by atoms with Crippen molar-refractivity contribution in [2.24, 2.45) is 5.10 Å². The van der Waals surface area contributed by atoms with Crippen LogP contribution in [-0.2, 0) is 0 Å². The summed E-state index contributed by atoms with van der Waals surface area (Å²) in [5.74, 6) is 1.90. The van der Waals surface area contributed by atoms with E-state index in [1.165, 1.54) is 0 Å². The quantitative estimate of drug-likeness (QED) is 0.517. The van der Waals surface area contributed by atoms with Crippen LogP contribution in [-0.4, -0.2) is 25.5 Å². The second kappa shape index (κ2) is 7.43. The molecule has 0 spiro atoms. The smallest absolute Gasteiger partial charge is 0.159 e. The van der Waals surface area contributed by atoms with Gasteiger partial charge in [-0.3, -0.25) is 5.43 Å². The summed E-state index contributed by atoms with van der Waals surface area (Å²) >= 11 is 12.0. The van der Waals surface area contributed by atoms with Crippen molar-refractivity contribution in [1.82, 2.24) is 19.7 Å². The second-order valence-electron chi connectivity index (χ2n) is 5.94. The van der Waals surface area contributed by atoms with Crippen molar-refractivity contribution in [3.63, 3.8) is 0 Å². The molecule has 134 valence electrons. The number of aryl methyl sites for hydroxylation is 3. The van der Waals surface area contributed by atoms with Crippen molar-refractivity contribution in [2.45, 2.75) is 27.7 Å². The molecule has 1 N–H and O–H groups in total. The first-order valence-electron chi connectivity index (χ1n) is 7.98. The van der Waals surface area contributed by atoms with Gasteiger partial charge in [-0.1, -0.05) is 29.3 Å². The SMILES string of the molecule is C/C(=N\Nc1cc(-n2nc(C)cc2C)nc(C)n1)c1ccc(Cl)c(Cl)c1. The van der Waals surface area contributed by atoms with Gasteiger partial charge in [0, 0.05) is 11.8 Å². The lowest BCUT2D eigenvalue weighted by Gasteiger charge is -2.08. The zero-order valence-electron chi connectivity index (χ0n) is 14.9. The Kier molecular flexibility index (Phi) is 5.25. The summed E-state index contributed by atoms with van der Waals surface area (Å²) in [6.45, 7) is 7.64. The molecule has 0 unspecified atom stereocenters. The summed E-state index contributed by atoms with van der Waals surface area (Å²) in [4.78, 5) is 8.83. The number of nitrogens with zero attached hydrogens (tertiary/aromatic N) is 5. The van der Waals surface area contributed by atoms with Gasteiger partial charge in [-0.05, 0) is 51.5 Å². The minimum atomic E-state index is 0.489. The first-order chi connectivity index (χ1) is 12.3. The van der Waals surface area contributed by atoms with Gasteiger partial charge in [0.15, 0.2) is 11.6 Å². The third-order valence-corrected chi connectivity index (χ3v) is 4.47. The fraction of sp³-hybridized carbons (Fsp3) is 0.222. The van der Waals surface area contributed by atoms with Crippen LogP contribution in [0.5, 0.6) is 0 Å². The molecule has 0 radical (unpaired) electrons. The largest absolute Gasteiger partial charge is 0.261 e. The molecule has 3 aromatic rings. The summed E-state index contributed by atoms with van der Waals surface area (Å²) in [6.07, 6.45) is 0. The van der Waals surface area contributed by atoms with E-state index in [-0.39, 0.29) is 0 Å². The van der Waals surface area contributed by atoms with Gasteiger partial charge >= 0.3 is 0 Å². The molecule has 3 rings (SSSR count). The van der Waals surface area contributed by atoms with E-state index in [2.05, 4.69) is 25.6 Å². The highest BCUT2D eigenvalue weighted by Gasteiger charge is 2.08. The average molecular weight is 389 g/mol. The van der Waals surface area contributed by atoms with E-state index >= 15 is 0 Å². The van der Waals surface area contributed by atoms with Gasteiger partial charge in [-0.15, -0.1) is 0 Å². The van der Waals surface area contributed by atoms with Crippen LogP contribution in [0.25, 0.3) is 5.82 Å². The number of halogens is 2. The number of hydrogen-bond acceptors (Lipinski definition) is 5. The Morgan fingerprint density at radius 2 is 1.81 bits per heavy atom. The van der Waals surface area contributed by atoms with Crippen LogP contribution in [0.1, 0.15) is 29.7 Å². The van der Waals surface area contributed by atoms with Crippen molar-refractivity contribution in [3.8, 4) is 5.82 Å². The van der Waals surface area contributed by atoms with E-state index < -0.39 is 0 Å². The molecular weight excluding hydrogens is 371 g/mol. The van der Waals surface area contributed by atoms with Gasteiger partial charge < -0.3 is 0 Å². The lowest BCUT2D eigenvalue weighted by atomic mass is 10.1. The van der Waals surface area contributed by atoms with Gasteiger partial charge in [0.1, 0.15) is 5.82 Å². The molecule has 0 saturated heterocycles. The van der Waals surface area contributed by atoms with Gasteiger partial charge in [0.05, 0.1) is 21.5 Å². The van der Waals surface area contributed by atoms with Gasteiger partial charge in [0.2, 0.25) is 0 Å². The molecule has 6 nitrogen and oxygen atoms in total. The Labute approximate surface area is 161 Å². The van der Waals surface area contributed by atoms with E-state index in [0.29, 0.717) is 27.5 Å². The zero-order valence-corrected chi connectivity index (χ0v) is 16.4. The molecule has 2 heterocycles. The highest BCUT2D eigenvalue weighted by atomic mass is 35.5. The highest BCUT2D eigenvalue weighted by Crippen LogP contribution is 2.23. The van der Waals surface area contributed by atoms with Gasteiger partial charge in [-0.25, -0.2) is 14.6 Å². The second-order valence-corrected chi connectivity index (χ2v) is 6.75. The molecule has 0 fully saturated rings. The standard InChI is InChI=1S/C18H18Cl2N6/c1-10-7-11(2)26(25-10)18-9-17(21-13(4)22-18)24-23-12(3)14-5-6-15(19)16(20)8-14/h5-9H,1-4H3,(H,21,22,24)/b23-12+. The van der Waals surface area contributed by atoms with E-state index in [9.17, 15) is 0 Å². The average Bonchev–Trinajstić information content (AvgIpc) is 2.93. The molecular formula is C18H18Cl2N6. The topological polar surface area (TPSA) is 68.0 Å². The number of hydrogen-bond donors (Lipinski definition) is 1. The molecule has 0 aliphatic carbocycles. The summed E-state index contributed by atoms with van der Waals surface area (Å²) in [5, 5.41) is 9.84. The Hall–Kier alpha value is -2.44. The summed E-state index contributed by atoms with van der Waals surface area (Å²) in [5.41, 5.74) is 6.54. The minimum absolute atomic E-state index is 0.489. The van der Waals surface area contributed by atoms with Crippen molar-refractivity contribution < 1.29 is 0 Å². The number of nitrogens with one attached hydrogen (secondary N) is 1. The van der Waals surface area contributed by atoms with Crippen molar-refractivity contribution in [3.05, 3.63) is 63.2 Å². The lowest BCUT2D eigenvalue weighted by Crippen LogP contribution is -2.07. The van der Waals surface area contributed by atoms with E-state index in [0.717, 1.165) is 22.7 Å². The predicted octanol–water partition coefficient (Wildman–Crippen LogP) is 4.73. The zero-order chi connectivity index (χ0) is 18.8. The Balaban J connectivity index is 1.88. The number of rotatable bonds is 4. The number of hydrazone groups is 1. The molecule has 0 aliphatic heterocycles. The van der Waals surface area contributed by atoms with Crippen molar-refractivity contribution in [2.75, 3.05) is 5.43 Å². The van der Waals surface area contributed by atoms with E-state index in [1.54, 1.807) is 22.9 Å². The molecule has 0 bridgehead atoms. The predicted molar refractivity (Wildman–Crippen MR) is 106 cm³/mol. The fourth-order valence-corrected chi connectivity index (χ4v) is 2.80. The van der Waals surface area contributed by atoms with Crippen molar-refractivity contribution in [1.29, 1.82) is 0 Å². The maximum absolute atomic E-state index is 6.06. The van der Waals surface area contributed by atoms with Crippen LogP contribution >= 0.6 is 23.2 Å². The number of benzene rings is 1. The number of aromatic nitrogens is 4. The summed E-state index contributed by atoms with van der Waals surface area (Å²) in [6, 6.07) is 9.18. The van der Waals surface area contributed by atoms with Crippen LogP contribution in [0.15, 0.2) is 35.4 Å². The summed E-state index contributed by atoms with van der Waals surface area (Å²) in [7, 11) is 0. The molecule has 8 heteroatoms. The Bertz CT molecular complexity index is 993. The van der Waals surface area contributed by atoms with Crippen LogP contribution < -0.4 is 5.43 Å². The summed E-state index contributed by atoms with van der Waals surface area (Å²) < 4.78 is 1.78. The van der Waals surface area contributed by atoms with E-state index in [1.807, 2.05) is 39.8 Å². The van der Waals surface area contributed by atoms with Crippen LogP contribution in [0.3, 0.4) is 0 Å². The Morgan fingerprint density at radius 1 is 1.04 bits per heavy atom. The molecule has 1 aromatic carbocycles. The maximum Gasteiger partial charge on any atom is 0.159 e. The van der Waals surface area contributed by atoms with E-state index in [4.69, 9.17) is 23.2 Å². The van der Waals surface area contributed by atoms with Gasteiger partial charge in [0.25, 0.3) is 0 Å². The highest BCUT2D eigenvalue weighted by molar-refractivity contribution is 6.42. The maximum atomic E-state index is 6.06. The third-order valence-electron chi connectivity index (χ3n) is 3.73. The van der Waals surface area contributed by atoms with Gasteiger partial charge in [-0.2, -0.15) is 10.2 Å². The van der Waals surface area contributed by atoms with Crippen LogP contribution in [0.4, 0.5) is 5.82 Å². The first-order valence-corrected chi connectivity index (χ1v) is 8.74. The number of anilines is 1.